The molecule has 0 aliphatic heterocycles. The number of hydrogen-bond acceptors (Lipinski definition) is 0. The summed E-state index contributed by atoms with van der Waals surface area (Å²) in [6.45, 7) is 0. The first-order chi connectivity index (χ1) is 0. The quantitative estimate of drug-likeness (QED) is 0.380. The topological polar surface area (TPSA) is 0 Å². The number of hydrogen-bond donors (Lipinski definition) is 0. The largest absolute Gasteiger partial charge is 2.00 e. The van der Waals surface area contributed by atoms with Gasteiger partial charge in [0.1, 0.15) is 0 Å². The Morgan fingerprint density at radius 1 is 0.600 bits per heavy atom. The van der Waals surface area contributed by atoms with Gasteiger partial charge in [0.25, 0.3) is 0 Å². The van der Waals surface area contributed by atoms with Crippen molar-refractivity contribution in [2.45, 2.75) is 0 Å². The molecule has 0 aliphatic rings. The Labute approximate surface area is 50.6 Å². The maximum Gasteiger partial charge on any atom is 2.00 e. The van der Waals surface area contributed by atoms with Crippen LogP contribution >= 0.6 is 0 Å². The maximum absolute atomic E-state index is 0. The molecule has 0 amide bonds. The van der Waals surface area contributed by atoms with Gasteiger partial charge in [0.05, 0.1) is 0 Å². The minimum absolute atomic E-state index is 0. The van der Waals surface area contributed by atoms with Crippen LogP contribution in [0.5, 0.6) is 0 Å². The predicted octanol–water partition coefficient (Wildman–Crippen LogP) is 1.80. The van der Waals surface area contributed by atoms with E-state index in [4.69, 9.17) is 0 Å². The Hall–Kier alpha value is 0.402. The van der Waals surface area contributed by atoms with Crippen LogP contribution in [0.25, 0.3) is 0 Å². The Morgan fingerprint density at radius 3 is 0.600 bits per heavy atom. The van der Waals surface area contributed by atoms with E-state index in [9.17, 15) is 0 Å². The second-order valence-corrected chi connectivity index (χ2v) is 0. The third-order valence-electron chi connectivity index (χ3n) is 0. The van der Waals surface area contributed by atoms with Crippen molar-refractivity contribution < 1.29 is 20.4 Å². The molecule has 0 radical (unpaired) electrons. The van der Waals surface area contributed by atoms with Gasteiger partial charge in [-0.3, -0.25) is 0 Å². The van der Waals surface area contributed by atoms with Crippen LogP contribution in [0, 0.1) is 29.7 Å². The summed E-state index contributed by atoms with van der Waals surface area (Å²) in [7, 11) is 0. The summed E-state index contributed by atoms with van der Waals surface area (Å²) in [5.74, 6) is 0. The van der Waals surface area contributed by atoms with Gasteiger partial charge in [-0.2, -0.15) is 0 Å². The minimum Gasteiger partial charge on any atom is -0.358 e. The molecule has 0 aromatic heterocycles. The molecule has 0 N–H and O–H groups in total. The van der Waals surface area contributed by atoms with Gasteiger partial charge in [-0.15, -0.1) is 0 Å². The van der Waals surface area contributed by atoms with Gasteiger partial charge in [0, 0.05) is 14.9 Å². The molecule has 1 heteroatoms. The SMILES string of the molecule is [CH3+].[CH3+].[CH3-].[CH3-].[Pd+2]. The summed E-state index contributed by atoms with van der Waals surface area (Å²) in [4.78, 5) is 0. The molecule has 0 unspecified atom stereocenters. The third-order valence-corrected chi connectivity index (χ3v) is 0. The molecule has 0 nitrogen and oxygen atoms in total. The van der Waals surface area contributed by atoms with E-state index in [1.807, 2.05) is 0 Å². The van der Waals surface area contributed by atoms with Crippen molar-refractivity contribution in [1.82, 2.24) is 0 Å². The molecular formula is C4H12Pd+2. The van der Waals surface area contributed by atoms with E-state index < -0.39 is 0 Å². The van der Waals surface area contributed by atoms with E-state index >= 15 is 0 Å². The van der Waals surface area contributed by atoms with E-state index in [1.54, 1.807) is 0 Å². The smallest absolute Gasteiger partial charge is 0.358 e. The Kier molecular flexibility index (Phi) is 40700. The van der Waals surface area contributed by atoms with Gasteiger partial charge in [0.2, 0.25) is 0 Å². The van der Waals surface area contributed by atoms with Crippen molar-refractivity contribution >= 4 is 0 Å². The van der Waals surface area contributed by atoms with Crippen LogP contribution in [0.3, 0.4) is 0 Å². The van der Waals surface area contributed by atoms with Crippen LogP contribution in [0.15, 0.2) is 0 Å². The summed E-state index contributed by atoms with van der Waals surface area (Å²) >= 11 is 0. The normalized spacial score (nSPS) is 0. The second-order valence-electron chi connectivity index (χ2n) is 0. The zero-order chi connectivity index (χ0) is 0. The molecule has 5 heavy (non-hydrogen) atoms. The monoisotopic (exact) mass is 166 g/mol. The van der Waals surface area contributed by atoms with Gasteiger partial charge in [0.15, 0.2) is 0 Å². The van der Waals surface area contributed by atoms with Crippen molar-refractivity contribution in [1.29, 1.82) is 0 Å². The van der Waals surface area contributed by atoms with Gasteiger partial charge >= 0.3 is 20.4 Å². The molecule has 0 saturated carbocycles. The first-order valence-corrected chi connectivity index (χ1v) is 0. The van der Waals surface area contributed by atoms with Crippen molar-refractivity contribution in [3.05, 3.63) is 29.7 Å². The molecule has 36 valence electrons. The maximum atomic E-state index is 0. The standard InChI is InChI=1S/4CH3.Pd/h4*1H3;/q2*-1;2*+1;+2. The van der Waals surface area contributed by atoms with Gasteiger partial charge in [-0.05, 0) is 0 Å². The average Bonchev–Trinajstić information content (AvgIpc) is 0. The van der Waals surface area contributed by atoms with E-state index in [2.05, 4.69) is 0 Å². The van der Waals surface area contributed by atoms with E-state index in [0.717, 1.165) is 0 Å². The van der Waals surface area contributed by atoms with Crippen LogP contribution in [0.4, 0.5) is 0 Å². The van der Waals surface area contributed by atoms with E-state index in [0.29, 0.717) is 0 Å². The molecular weight excluding hydrogens is 154 g/mol. The van der Waals surface area contributed by atoms with Crippen molar-refractivity contribution in [2.75, 3.05) is 0 Å². The average molecular weight is 167 g/mol. The van der Waals surface area contributed by atoms with Gasteiger partial charge in [-0.1, -0.05) is 0 Å². The molecule has 0 atom stereocenters. The van der Waals surface area contributed by atoms with E-state index in [-0.39, 0.29) is 50.1 Å². The predicted molar refractivity (Wildman–Crippen MR) is 25.7 cm³/mol. The fourth-order valence-electron chi connectivity index (χ4n) is 0. The fourth-order valence-corrected chi connectivity index (χ4v) is 0. The Morgan fingerprint density at radius 2 is 0.600 bits per heavy atom. The number of rotatable bonds is 0. The van der Waals surface area contributed by atoms with Gasteiger partial charge in [-0.25, -0.2) is 0 Å². The fraction of sp³-hybridized carbons (Fsp3) is 0. The molecule has 0 fully saturated rings. The van der Waals surface area contributed by atoms with Crippen LogP contribution in [-0.4, -0.2) is 0 Å². The molecule has 0 bridgehead atoms. The first kappa shape index (κ1) is 647. The molecule has 0 spiro atoms. The van der Waals surface area contributed by atoms with Crippen LogP contribution in [0.2, 0.25) is 0 Å². The first-order valence-electron chi connectivity index (χ1n) is 0. The molecule has 0 aromatic carbocycles. The molecule has 0 heterocycles. The Bertz CT molecular complexity index is 3.61. The second kappa shape index (κ2) is 315. The molecule has 0 rings (SSSR count). The molecule has 0 aromatic rings. The summed E-state index contributed by atoms with van der Waals surface area (Å²) in [5, 5.41) is 0. The van der Waals surface area contributed by atoms with Crippen molar-refractivity contribution in [2.24, 2.45) is 0 Å². The molecule has 0 aliphatic carbocycles. The molecule has 0 saturated heterocycles. The summed E-state index contributed by atoms with van der Waals surface area (Å²) in [5.41, 5.74) is 0. The Balaban J connectivity index is 0. The minimum atomic E-state index is 0. The summed E-state index contributed by atoms with van der Waals surface area (Å²) in [6, 6.07) is 0. The van der Waals surface area contributed by atoms with Crippen LogP contribution in [-0.2, 0) is 20.4 Å². The van der Waals surface area contributed by atoms with Crippen LogP contribution < -0.4 is 0 Å². The van der Waals surface area contributed by atoms with Crippen LogP contribution in [0.1, 0.15) is 0 Å². The van der Waals surface area contributed by atoms with Crippen molar-refractivity contribution in [3.63, 3.8) is 0 Å². The zero-order valence-corrected chi connectivity index (χ0v) is 5.87. The summed E-state index contributed by atoms with van der Waals surface area (Å²) in [6.07, 6.45) is 0. The third kappa shape index (κ3) is 157. The zero-order valence-electron chi connectivity index (χ0n) is 4.32. The summed E-state index contributed by atoms with van der Waals surface area (Å²) < 4.78 is 0. The van der Waals surface area contributed by atoms with Crippen molar-refractivity contribution in [3.8, 4) is 0 Å². The van der Waals surface area contributed by atoms with Gasteiger partial charge < -0.3 is 14.9 Å². The van der Waals surface area contributed by atoms with E-state index in [1.165, 1.54) is 0 Å².